The molecule has 0 unspecified atom stereocenters. The lowest BCUT2D eigenvalue weighted by molar-refractivity contribution is 0.0775. The van der Waals surface area contributed by atoms with Gasteiger partial charge in [0.1, 0.15) is 5.82 Å². The summed E-state index contributed by atoms with van der Waals surface area (Å²) in [5.41, 5.74) is 0.836. The van der Waals surface area contributed by atoms with E-state index >= 15 is 0 Å². The molecule has 3 rings (SSSR count). The van der Waals surface area contributed by atoms with Gasteiger partial charge in [-0.1, -0.05) is 25.1 Å². The molecule has 2 saturated heterocycles. The Balaban J connectivity index is 1.48. The summed E-state index contributed by atoms with van der Waals surface area (Å²) >= 11 is 0. The maximum Gasteiger partial charge on any atom is 0.127 e. The zero-order valence-corrected chi connectivity index (χ0v) is 13.1. The molecule has 1 aromatic rings. The molecule has 2 fully saturated rings. The second-order valence-electron chi connectivity index (χ2n) is 6.82. The number of benzene rings is 1. The monoisotopic (exact) mass is 290 g/mol. The van der Waals surface area contributed by atoms with E-state index in [4.69, 9.17) is 0 Å². The van der Waals surface area contributed by atoms with Crippen LogP contribution in [0, 0.1) is 11.7 Å². The Bertz CT molecular complexity index is 446. The number of rotatable bonds is 3. The van der Waals surface area contributed by atoms with Gasteiger partial charge in [0.15, 0.2) is 0 Å². The zero-order chi connectivity index (χ0) is 14.7. The van der Waals surface area contributed by atoms with Crippen LogP contribution in [0.25, 0.3) is 0 Å². The Labute approximate surface area is 127 Å². The molecule has 0 saturated carbocycles. The Hall–Kier alpha value is -0.930. The highest BCUT2D eigenvalue weighted by Gasteiger charge is 2.27. The lowest BCUT2D eigenvalue weighted by atomic mass is 9.95. The molecule has 0 aromatic heterocycles. The number of piperidine rings is 2. The van der Waals surface area contributed by atoms with E-state index in [1.807, 2.05) is 12.1 Å². The molecular weight excluding hydrogens is 263 g/mol. The number of hydrogen-bond donors (Lipinski definition) is 0. The minimum atomic E-state index is -0.0651. The SMILES string of the molecule is CC1CCN(C2CCN(Cc3ccccc3F)CC2)CC1. The van der Waals surface area contributed by atoms with Gasteiger partial charge in [0.25, 0.3) is 0 Å². The Morgan fingerprint density at radius 1 is 1.00 bits per heavy atom. The van der Waals surface area contributed by atoms with Gasteiger partial charge in [-0.25, -0.2) is 4.39 Å². The first-order chi connectivity index (χ1) is 10.2. The van der Waals surface area contributed by atoms with Crippen molar-refractivity contribution in [3.8, 4) is 0 Å². The van der Waals surface area contributed by atoms with Gasteiger partial charge in [0.2, 0.25) is 0 Å². The average Bonchev–Trinajstić information content (AvgIpc) is 2.51. The molecule has 2 heterocycles. The summed E-state index contributed by atoms with van der Waals surface area (Å²) < 4.78 is 13.7. The molecular formula is C18H27FN2. The molecule has 0 radical (unpaired) electrons. The third-order valence-corrected chi connectivity index (χ3v) is 5.24. The largest absolute Gasteiger partial charge is 0.300 e. The topological polar surface area (TPSA) is 6.48 Å². The molecule has 0 N–H and O–H groups in total. The number of hydrogen-bond acceptors (Lipinski definition) is 2. The maximum atomic E-state index is 13.7. The first-order valence-electron chi connectivity index (χ1n) is 8.42. The van der Waals surface area contributed by atoms with Crippen LogP contribution in [0.15, 0.2) is 24.3 Å². The molecule has 0 atom stereocenters. The quantitative estimate of drug-likeness (QED) is 0.840. The molecule has 3 heteroatoms. The van der Waals surface area contributed by atoms with E-state index in [2.05, 4.69) is 16.7 Å². The van der Waals surface area contributed by atoms with Gasteiger partial charge in [0.05, 0.1) is 0 Å². The molecule has 2 nitrogen and oxygen atoms in total. The summed E-state index contributed by atoms with van der Waals surface area (Å²) in [6.07, 6.45) is 5.19. The number of nitrogens with zero attached hydrogens (tertiary/aromatic N) is 2. The second kappa shape index (κ2) is 6.89. The predicted octanol–water partition coefficient (Wildman–Crippen LogP) is 3.52. The van der Waals surface area contributed by atoms with Crippen LogP contribution in [0.5, 0.6) is 0 Å². The predicted molar refractivity (Wildman–Crippen MR) is 84.7 cm³/mol. The van der Waals surface area contributed by atoms with Crippen LogP contribution in [0.3, 0.4) is 0 Å². The highest BCUT2D eigenvalue weighted by molar-refractivity contribution is 5.17. The van der Waals surface area contributed by atoms with Crippen LogP contribution in [0.1, 0.15) is 38.2 Å². The van der Waals surface area contributed by atoms with Crippen molar-refractivity contribution in [3.63, 3.8) is 0 Å². The molecule has 2 aliphatic heterocycles. The average molecular weight is 290 g/mol. The van der Waals surface area contributed by atoms with Crippen molar-refractivity contribution in [2.75, 3.05) is 26.2 Å². The fourth-order valence-electron chi connectivity index (χ4n) is 3.70. The van der Waals surface area contributed by atoms with Gasteiger partial charge in [0, 0.05) is 18.2 Å². The highest BCUT2D eigenvalue weighted by Crippen LogP contribution is 2.24. The first kappa shape index (κ1) is 15.0. The second-order valence-corrected chi connectivity index (χ2v) is 6.82. The highest BCUT2D eigenvalue weighted by atomic mass is 19.1. The lowest BCUT2D eigenvalue weighted by Gasteiger charge is -2.41. The molecule has 116 valence electrons. The third kappa shape index (κ3) is 3.83. The van der Waals surface area contributed by atoms with E-state index in [0.29, 0.717) is 0 Å². The fourth-order valence-corrected chi connectivity index (χ4v) is 3.70. The minimum Gasteiger partial charge on any atom is -0.300 e. The van der Waals surface area contributed by atoms with E-state index in [0.717, 1.165) is 37.2 Å². The van der Waals surface area contributed by atoms with Gasteiger partial charge < -0.3 is 4.90 Å². The molecule has 2 aliphatic rings. The van der Waals surface area contributed by atoms with Crippen LogP contribution >= 0.6 is 0 Å². The first-order valence-corrected chi connectivity index (χ1v) is 8.42. The molecule has 0 bridgehead atoms. The van der Waals surface area contributed by atoms with Crippen LogP contribution in [0.2, 0.25) is 0 Å². The Morgan fingerprint density at radius 3 is 2.33 bits per heavy atom. The van der Waals surface area contributed by atoms with Crippen LogP contribution in [0.4, 0.5) is 4.39 Å². The van der Waals surface area contributed by atoms with Crippen molar-refractivity contribution in [1.82, 2.24) is 9.80 Å². The summed E-state index contributed by atoms with van der Waals surface area (Å²) in [6, 6.07) is 7.93. The van der Waals surface area contributed by atoms with Crippen LogP contribution in [-0.4, -0.2) is 42.0 Å². The van der Waals surface area contributed by atoms with Crippen LogP contribution < -0.4 is 0 Å². The van der Waals surface area contributed by atoms with E-state index < -0.39 is 0 Å². The number of likely N-dealkylation sites (tertiary alicyclic amines) is 2. The van der Waals surface area contributed by atoms with Crippen molar-refractivity contribution in [2.24, 2.45) is 5.92 Å². The summed E-state index contributed by atoms with van der Waals surface area (Å²) in [6.45, 7) is 7.89. The zero-order valence-electron chi connectivity index (χ0n) is 13.1. The van der Waals surface area contributed by atoms with Crippen molar-refractivity contribution >= 4 is 0 Å². The summed E-state index contributed by atoms with van der Waals surface area (Å²) in [5.74, 6) is 0.840. The number of halogens is 1. The lowest BCUT2D eigenvalue weighted by Crippen LogP contribution is -2.47. The third-order valence-electron chi connectivity index (χ3n) is 5.24. The van der Waals surface area contributed by atoms with Crippen molar-refractivity contribution in [3.05, 3.63) is 35.6 Å². The summed E-state index contributed by atoms with van der Waals surface area (Å²) in [4.78, 5) is 5.10. The van der Waals surface area contributed by atoms with Gasteiger partial charge >= 0.3 is 0 Å². The summed E-state index contributed by atoms with van der Waals surface area (Å²) in [7, 11) is 0. The standard InChI is InChI=1S/C18H27FN2/c1-15-6-12-21(13-7-15)17-8-10-20(11-9-17)14-16-4-2-3-5-18(16)19/h2-5,15,17H,6-14H2,1H3. The maximum absolute atomic E-state index is 13.7. The van der Waals surface area contributed by atoms with E-state index in [1.165, 1.54) is 38.8 Å². The van der Waals surface area contributed by atoms with Gasteiger partial charge in [-0.15, -0.1) is 0 Å². The van der Waals surface area contributed by atoms with Crippen LogP contribution in [-0.2, 0) is 6.54 Å². The van der Waals surface area contributed by atoms with Gasteiger partial charge in [-0.05, 0) is 63.8 Å². The Kier molecular flexibility index (Phi) is 4.91. The van der Waals surface area contributed by atoms with Gasteiger partial charge in [-0.2, -0.15) is 0 Å². The van der Waals surface area contributed by atoms with E-state index in [-0.39, 0.29) is 5.82 Å². The smallest absolute Gasteiger partial charge is 0.127 e. The normalized spacial score (nSPS) is 23.5. The molecule has 21 heavy (non-hydrogen) atoms. The van der Waals surface area contributed by atoms with Crippen molar-refractivity contribution < 1.29 is 4.39 Å². The summed E-state index contributed by atoms with van der Waals surface area (Å²) in [5, 5.41) is 0. The Morgan fingerprint density at radius 2 is 1.67 bits per heavy atom. The fraction of sp³-hybridized carbons (Fsp3) is 0.667. The van der Waals surface area contributed by atoms with Crippen molar-refractivity contribution in [2.45, 2.75) is 45.2 Å². The molecule has 1 aromatic carbocycles. The van der Waals surface area contributed by atoms with E-state index in [1.54, 1.807) is 12.1 Å². The minimum absolute atomic E-state index is 0.0651. The van der Waals surface area contributed by atoms with Crippen molar-refractivity contribution in [1.29, 1.82) is 0 Å². The van der Waals surface area contributed by atoms with E-state index in [9.17, 15) is 4.39 Å². The molecule has 0 aliphatic carbocycles. The molecule has 0 spiro atoms. The van der Waals surface area contributed by atoms with Gasteiger partial charge in [-0.3, -0.25) is 4.90 Å². The molecule has 0 amide bonds.